The van der Waals surface area contributed by atoms with Gasteiger partial charge in [-0.25, -0.2) is 4.98 Å². The molecule has 0 radical (unpaired) electrons. The van der Waals surface area contributed by atoms with Gasteiger partial charge in [-0.05, 0) is 40.2 Å². The highest BCUT2D eigenvalue weighted by Crippen LogP contribution is 2.26. The van der Waals surface area contributed by atoms with Crippen LogP contribution < -0.4 is 0 Å². The number of hydrogen-bond acceptors (Lipinski definition) is 2. The molecular formula is C13H23N3. The van der Waals surface area contributed by atoms with Crippen molar-refractivity contribution >= 4 is 0 Å². The minimum absolute atomic E-state index is 0.283. The lowest BCUT2D eigenvalue weighted by molar-refractivity contribution is 0.0427. The Hall–Kier alpha value is -0.830. The zero-order valence-corrected chi connectivity index (χ0v) is 10.7. The number of piperidine rings is 1. The van der Waals surface area contributed by atoms with Gasteiger partial charge in [-0.2, -0.15) is 0 Å². The summed E-state index contributed by atoms with van der Waals surface area (Å²) in [5, 5.41) is 0. The second kappa shape index (κ2) is 4.58. The molecule has 90 valence electrons. The fourth-order valence-corrected chi connectivity index (χ4v) is 2.71. The summed E-state index contributed by atoms with van der Waals surface area (Å²) >= 11 is 0. The fraction of sp³-hybridized carbons (Fsp3) is 0.769. The molecule has 1 aromatic rings. The Labute approximate surface area is 98.5 Å². The monoisotopic (exact) mass is 221 g/mol. The molecule has 16 heavy (non-hydrogen) atoms. The van der Waals surface area contributed by atoms with E-state index in [1.807, 2.05) is 12.5 Å². The minimum Gasteiger partial charge on any atom is -0.336 e. The summed E-state index contributed by atoms with van der Waals surface area (Å²) in [5.41, 5.74) is 0.283. The van der Waals surface area contributed by atoms with Gasteiger partial charge in [0.15, 0.2) is 0 Å². The molecular weight excluding hydrogens is 198 g/mol. The first-order valence-corrected chi connectivity index (χ1v) is 6.30. The van der Waals surface area contributed by atoms with Crippen molar-refractivity contribution in [3.63, 3.8) is 0 Å². The van der Waals surface area contributed by atoms with Gasteiger partial charge in [-0.3, -0.25) is 4.90 Å². The second-order valence-corrected chi connectivity index (χ2v) is 5.77. The molecule has 1 fully saturated rings. The molecule has 1 aliphatic heterocycles. The van der Waals surface area contributed by atoms with Crippen molar-refractivity contribution in [1.29, 1.82) is 0 Å². The topological polar surface area (TPSA) is 21.1 Å². The Balaban J connectivity index is 2.05. The largest absolute Gasteiger partial charge is 0.336 e. The predicted molar refractivity (Wildman–Crippen MR) is 66.3 cm³/mol. The molecule has 0 N–H and O–H groups in total. The van der Waals surface area contributed by atoms with E-state index in [4.69, 9.17) is 0 Å². The lowest BCUT2D eigenvalue weighted by atomic mass is 9.94. The van der Waals surface area contributed by atoms with E-state index in [1.54, 1.807) is 0 Å². The summed E-state index contributed by atoms with van der Waals surface area (Å²) in [6.07, 6.45) is 9.88. The zero-order chi connectivity index (χ0) is 11.6. The first kappa shape index (κ1) is 11.6. The number of aromatic nitrogens is 2. The Morgan fingerprint density at radius 2 is 2.12 bits per heavy atom. The quantitative estimate of drug-likeness (QED) is 0.765. The highest BCUT2D eigenvalue weighted by Gasteiger charge is 2.30. The van der Waals surface area contributed by atoms with Crippen molar-refractivity contribution in [3.8, 4) is 0 Å². The van der Waals surface area contributed by atoms with E-state index in [0.717, 1.165) is 6.54 Å². The highest BCUT2D eigenvalue weighted by atomic mass is 15.2. The summed E-state index contributed by atoms with van der Waals surface area (Å²) in [5.74, 6) is 0. The van der Waals surface area contributed by atoms with E-state index in [-0.39, 0.29) is 5.54 Å². The van der Waals surface area contributed by atoms with Crippen LogP contribution in [0.5, 0.6) is 0 Å². The smallest absolute Gasteiger partial charge is 0.0946 e. The molecule has 0 aromatic carbocycles. The van der Waals surface area contributed by atoms with Crippen LogP contribution in [0.2, 0.25) is 0 Å². The van der Waals surface area contributed by atoms with Gasteiger partial charge in [0.25, 0.3) is 0 Å². The molecule has 1 aliphatic rings. The Morgan fingerprint density at radius 3 is 2.75 bits per heavy atom. The fourth-order valence-electron chi connectivity index (χ4n) is 2.71. The van der Waals surface area contributed by atoms with Crippen LogP contribution in [0.1, 0.15) is 40.0 Å². The Bertz CT molecular complexity index is 310. The lowest BCUT2D eigenvalue weighted by Gasteiger charge is -2.44. The van der Waals surface area contributed by atoms with Gasteiger partial charge < -0.3 is 4.57 Å². The average molecular weight is 221 g/mol. The molecule has 0 spiro atoms. The van der Waals surface area contributed by atoms with E-state index in [0.29, 0.717) is 6.04 Å². The van der Waals surface area contributed by atoms with Gasteiger partial charge >= 0.3 is 0 Å². The van der Waals surface area contributed by atoms with Crippen LogP contribution in [0.25, 0.3) is 0 Å². The van der Waals surface area contributed by atoms with Crippen LogP contribution in [-0.4, -0.2) is 32.6 Å². The average Bonchev–Trinajstić information content (AvgIpc) is 2.70. The van der Waals surface area contributed by atoms with Crippen LogP contribution in [0.4, 0.5) is 0 Å². The molecule has 0 amide bonds. The van der Waals surface area contributed by atoms with Crippen molar-refractivity contribution in [2.24, 2.45) is 0 Å². The van der Waals surface area contributed by atoms with Crippen molar-refractivity contribution in [2.75, 3.05) is 6.54 Å². The maximum absolute atomic E-state index is 4.12. The standard InChI is InChI=1S/C13H23N3/c1-13(2,3)16-8-5-4-6-12(16)10-15-9-7-14-11-15/h7,9,11-12H,4-6,8,10H2,1-3H3. The predicted octanol–water partition coefficient (Wildman–Crippen LogP) is 2.54. The maximum Gasteiger partial charge on any atom is 0.0946 e. The van der Waals surface area contributed by atoms with E-state index in [9.17, 15) is 0 Å². The number of hydrogen-bond donors (Lipinski definition) is 0. The van der Waals surface area contributed by atoms with Gasteiger partial charge in [0, 0.05) is 30.5 Å². The van der Waals surface area contributed by atoms with Crippen LogP contribution in [-0.2, 0) is 6.54 Å². The highest BCUT2D eigenvalue weighted by molar-refractivity contribution is 4.87. The molecule has 1 saturated heterocycles. The summed E-state index contributed by atoms with van der Waals surface area (Å²) in [7, 11) is 0. The first-order chi connectivity index (χ1) is 7.57. The lowest BCUT2D eigenvalue weighted by Crippen LogP contribution is -2.52. The van der Waals surface area contributed by atoms with Crippen molar-refractivity contribution in [2.45, 2.75) is 58.2 Å². The molecule has 3 nitrogen and oxygen atoms in total. The summed E-state index contributed by atoms with van der Waals surface area (Å²) in [6, 6.07) is 0.669. The van der Waals surface area contributed by atoms with Crippen molar-refractivity contribution in [1.82, 2.24) is 14.5 Å². The third-order valence-corrected chi connectivity index (χ3v) is 3.47. The summed E-state index contributed by atoms with van der Waals surface area (Å²) in [4.78, 5) is 6.77. The third kappa shape index (κ3) is 2.64. The van der Waals surface area contributed by atoms with Crippen LogP contribution in [0, 0.1) is 0 Å². The van der Waals surface area contributed by atoms with Gasteiger partial charge in [0.1, 0.15) is 0 Å². The molecule has 1 atom stereocenters. The summed E-state index contributed by atoms with van der Waals surface area (Å²) in [6.45, 7) is 9.28. The van der Waals surface area contributed by atoms with Gasteiger partial charge in [0.2, 0.25) is 0 Å². The van der Waals surface area contributed by atoms with E-state index in [1.165, 1.54) is 25.8 Å². The third-order valence-electron chi connectivity index (χ3n) is 3.47. The first-order valence-electron chi connectivity index (χ1n) is 6.30. The zero-order valence-electron chi connectivity index (χ0n) is 10.7. The van der Waals surface area contributed by atoms with Crippen molar-refractivity contribution < 1.29 is 0 Å². The van der Waals surface area contributed by atoms with Crippen LogP contribution >= 0.6 is 0 Å². The molecule has 0 saturated carbocycles. The van der Waals surface area contributed by atoms with Gasteiger partial charge in [0.05, 0.1) is 6.33 Å². The Kier molecular flexibility index (Phi) is 3.33. The van der Waals surface area contributed by atoms with Gasteiger partial charge in [-0.15, -0.1) is 0 Å². The maximum atomic E-state index is 4.12. The number of imidazole rings is 1. The molecule has 0 aliphatic carbocycles. The van der Waals surface area contributed by atoms with Crippen LogP contribution in [0.3, 0.4) is 0 Å². The van der Waals surface area contributed by atoms with E-state index < -0.39 is 0 Å². The minimum atomic E-state index is 0.283. The number of likely N-dealkylation sites (tertiary alicyclic amines) is 1. The molecule has 1 aromatic heterocycles. The second-order valence-electron chi connectivity index (χ2n) is 5.77. The SMILES string of the molecule is CC(C)(C)N1CCCCC1Cn1ccnc1. The number of rotatable bonds is 2. The van der Waals surface area contributed by atoms with Gasteiger partial charge in [-0.1, -0.05) is 6.42 Å². The molecule has 1 unspecified atom stereocenters. The molecule has 3 heteroatoms. The molecule has 2 rings (SSSR count). The molecule has 2 heterocycles. The summed E-state index contributed by atoms with van der Waals surface area (Å²) < 4.78 is 2.20. The number of nitrogens with zero attached hydrogens (tertiary/aromatic N) is 3. The normalized spacial score (nSPS) is 23.6. The molecule has 0 bridgehead atoms. The van der Waals surface area contributed by atoms with E-state index >= 15 is 0 Å². The van der Waals surface area contributed by atoms with Crippen molar-refractivity contribution in [3.05, 3.63) is 18.7 Å². The van der Waals surface area contributed by atoms with Crippen LogP contribution in [0.15, 0.2) is 18.7 Å². The van der Waals surface area contributed by atoms with E-state index in [2.05, 4.69) is 41.4 Å². The Morgan fingerprint density at radius 1 is 1.31 bits per heavy atom.